The van der Waals surface area contributed by atoms with E-state index < -0.39 is 15.8 Å². The number of carbonyl (C=O) groups is 1. The molecular formula is C13H11BrO5S. The highest BCUT2D eigenvalue weighted by atomic mass is 79.9. The second-order valence-corrected chi connectivity index (χ2v) is 7.00. The number of furan rings is 1. The van der Waals surface area contributed by atoms with Crippen molar-refractivity contribution in [2.45, 2.75) is 17.6 Å². The maximum absolute atomic E-state index is 12.3. The summed E-state index contributed by atoms with van der Waals surface area (Å²) < 4.78 is 30.2. The maximum atomic E-state index is 12.3. The molecule has 0 amide bonds. The molecule has 2 aromatic rings. The molecule has 0 bridgehead atoms. The van der Waals surface area contributed by atoms with Crippen LogP contribution in [0.2, 0.25) is 0 Å². The summed E-state index contributed by atoms with van der Waals surface area (Å²) in [6.07, 6.45) is 0. The largest absolute Gasteiger partial charge is 0.475 e. The van der Waals surface area contributed by atoms with Gasteiger partial charge in [-0.3, -0.25) is 0 Å². The zero-order valence-corrected chi connectivity index (χ0v) is 12.9. The third kappa shape index (κ3) is 2.94. The summed E-state index contributed by atoms with van der Waals surface area (Å²) >= 11 is 3.20. The first kappa shape index (κ1) is 14.8. The lowest BCUT2D eigenvalue weighted by atomic mass is 10.3. The molecule has 2 rings (SSSR count). The molecule has 0 spiro atoms. The van der Waals surface area contributed by atoms with E-state index in [0.717, 1.165) is 0 Å². The van der Waals surface area contributed by atoms with E-state index in [1.54, 1.807) is 18.2 Å². The minimum absolute atomic E-state index is 0.164. The molecule has 0 unspecified atom stereocenters. The lowest BCUT2D eigenvalue weighted by Gasteiger charge is -2.05. The number of benzene rings is 1. The molecule has 106 valence electrons. The molecule has 0 aliphatic heterocycles. The van der Waals surface area contributed by atoms with Crippen molar-refractivity contribution in [2.75, 3.05) is 0 Å². The average Bonchev–Trinajstić information content (AvgIpc) is 2.71. The van der Waals surface area contributed by atoms with Crippen LogP contribution in [0.5, 0.6) is 0 Å². The standard InChI is InChI=1S/C13H11BrO5S/c1-8-9(6-11(19-8)13(15)16)7-20(17,18)12-5-3-2-4-10(12)14/h2-6H,7H2,1H3,(H,15,16). The molecule has 0 fully saturated rings. The molecule has 0 atom stereocenters. The van der Waals surface area contributed by atoms with E-state index in [-0.39, 0.29) is 22.2 Å². The van der Waals surface area contributed by atoms with Crippen LogP contribution < -0.4 is 0 Å². The van der Waals surface area contributed by atoms with Gasteiger partial charge in [0.25, 0.3) is 0 Å². The van der Waals surface area contributed by atoms with Crippen LogP contribution in [-0.4, -0.2) is 19.5 Å². The van der Waals surface area contributed by atoms with Gasteiger partial charge in [0.15, 0.2) is 9.84 Å². The summed E-state index contributed by atoms with van der Waals surface area (Å²) in [5.74, 6) is -1.51. The zero-order valence-electron chi connectivity index (χ0n) is 10.5. The zero-order chi connectivity index (χ0) is 14.9. The second kappa shape index (κ2) is 5.41. The molecule has 1 aromatic carbocycles. The smallest absolute Gasteiger partial charge is 0.371 e. The number of aryl methyl sites for hydroxylation is 1. The fraction of sp³-hybridized carbons (Fsp3) is 0.154. The highest BCUT2D eigenvalue weighted by molar-refractivity contribution is 9.10. The van der Waals surface area contributed by atoms with Crippen LogP contribution in [0.25, 0.3) is 0 Å². The van der Waals surface area contributed by atoms with Crippen LogP contribution >= 0.6 is 15.9 Å². The average molecular weight is 359 g/mol. The van der Waals surface area contributed by atoms with Crippen molar-refractivity contribution in [3.8, 4) is 0 Å². The van der Waals surface area contributed by atoms with Crippen LogP contribution in [0.1, 0.15) is 21.9 Å². The van der Waals surface area contributed by atoms with E-state index in [9.17, 15) is 13.2 Å². The van der Waals surface area contributed by atoms with Gasteiger partial charge in [-0.05, 0) is 41.1 Å². The van der Waals surface area contributed by atoms with Crippen molar-refractivity contribution in [1.29, 1.82) is 0 Å². The number of hydrogen-bond acceptors (Lipinski definition) is 4. The molecule has 1 N–H and O–H groups in total. The molecule has 0 aliphatic rings. The summed E-state index contributed by atoms with van der Waals surface area (Å²) in [7, 11) is -3.58. The third-order valence-electron chi connectivity index (χ3n) is 2.75. The molecule has 0 saturated carbocycles. The number of sulfone groups is 1. The van der Waals surface area contributed by atoms with Gasteiger partial charge in [0.2, 0.25) is 5.76 Å². The van der Waals surface area contributed by atoms with Crippen LogP contribution in [0.4, 0.5) is 0 Å². The monoisotopic (exact) mass is 358 g/mol. The van der Waals surface area contributed by atoms with Crippen molar-refractivity contribution >= 4 is 31.7 Å². The Kier molecular flexibility index (Phi) is 4.01. The molecule has 0 radical (unpaired) electrons. The first-order chi connectivity index (χ1) is 9.31. The van der Waals surface area contributed by atoms with Gasteiger partial charge in [0, 0.05) is 10.0 Å². The topological polar surface area (TPSA) is 84.6 Å². The maximum Gasteiger partial charge on any atom is 0.371 e. The summed E-state index contributed by atoms with van der Waals surface area (Å²) in [6, 6.07) is 7.72. The molecule has 0 aliphatic carbocycles. The number of rotatable bonds is 4. The van der Waals surface area contributed by atoms with Crippen molar-refractivity contribution in [1.82, 2.24) is 0 Å². The van der Waals surface area contributed by atoms with Crippen molar-refractivity contribution < 1.29 is 22.7 Å². The summed E-state index contributed by atoms with van der Waals surface area (Å²) in [5, 5.41) is 8.83. The first-order valence-electron chi connectivity index (χ1n) is 5.61. The Labute approximate surface area is 124 Å². The summed E-state index contributed by atoms with van der Waals surface area (Å²) in [5.41, 5.74) is 0.346. The van der Waals surface area contributed by atoms with Gasteiger partial charge >= 0.3 is 5.97 Å². The second-order valence-electron chi connectivity index (χ2n) is 4.19. The van der Waals surface area contributed by atoms with E-state index in [1.807, 2.05) is 0 Å². The predicted octanol–water partition coefficient (Wildman–Crippen LogP) is 3.02. The van der Waals surface area contributed by atoms with Crippen molar-refractivity contribution in [2.24, 2.45) is 0 Å². The van der Waals surface area contributed by atoms with Crippen LogP contribution in [0.3, 0.4) is 0 Å². The number of hydrogen-bond donors (Lipinski definition) is 1. The molecule has 7 heteroatoms. The molecule has 20 heavy (non-hydrogen) atoms. The minimum atomic E-state index is -3.58. The van der Waals surface area contributed by atoms with Gasteiger partial charge in [-0.2, -0.15) is 0 Å². The highest BCUT2D eigenvalue weighted by Gasteiger charge is 2.22. The Bertz CT molecular complexity index is 761. The molecule has 1 heterocycles. The van der Waals surface area contributed by atoms with Crippen molar-refractivity contribution in [3.63, 3.8) is 0 Å². The Morgan fingerprint density at radius 3 is 2.55 bits per heavy atom. The van der Waals surface area contributed by atoms with Gasteiger partial charge in [-0.1, -0.05) is 12.1 Å². The number of halogens is 1. The van der Waals surface area contributed by atoms with E-state index in [2.05, 4.69) is 15.9 Å². The predicted molar refractivity (Wildman–Crippen MR) is 75.4 cm³/mol. The fourth-order valence-corrected chi connectivity index (χ4v) is 4.28. The Morgan fingerprint density at radius 1 is 1.35 bits per heavy atom. The highest BCUT2D eigenvalue weighted by Crippen LogP contribution is 2.26. The number of carboxylic acid groups (broad SMARTS) is 1. The molecule has 0 saturated heterocycles. The molecule has 5 nitrogen and oxygen atoms in total. The molecular weight excluding hydrogens is 348 g/mol. The van der Waals surface area contributed by atoms with Gasteiger partial charge in [-0.15, -0.1) is 0 Å². The van der Waals surface area contributed by atoms with Crippen LogP contribution in [0.15, 0.2) is 44.1 Å². The lowest BCUT2D eigenvalue weighted by molar-refractivity contribution is 0.0661. The van der Waals surface area contributed by atoms with Gasteiger partial charge in [0.05, 0.1) is 10.6 Å². The van der Waals surface area contributed by atoms with Crippen LogP contribution in [0, 0.1) is 6.92 Å². The first-order valence-corrected chi connectivity index (χ1v) is 8.05. The SMILES string of the molecule is Cc1oc(C(=O)O)cc1CS(=O)(=O)c1ccccc1Br. The van der Waals surface area contributed by atoms with E-state index in [4.69, 9.17) is 9.52 Å². The molecule has 1 aromatic heterocycles. The van der Waals surface area contributed by atoms with Gasteiger partial charge in [0.1, 0.15) is 5.76 Å². The fourth-order valence-electron chi connectivity index (χ4n) is 1.75. The van der Waals surface area contributed by atoms with E-state index in [1.165, 1.54) is 19.1 Å². The Balaban J connectivity index is 2.39. The normalized spacial score (nSPS) is 11.5. The number of aromatic carboxylic acids is 1. The van der Waals surface area contributed by atoms with Gasteiger partial charge in [-0.25, -0.2) is 13.2 Å². The van der Waals surface area contributed by atoms with Crippen LogP contribution in [-0.2, 0) is 15.6 Å². The minimum Gasteiger partial charge on any atom is -0.475 e. The number of carboxylic acids is 1. The van der Waals surface area contributed by atoms with Gasteiger partial charge < -0.3 is 9.52 Å². The summed E-state index contributed by atoms with van der Waals surface area (Å²) in [4.78, 5) is 11.0. The lowest BCUT2D eigenvalue weighted by Crippen LogP contribution is -2.06. The Morgan fingerprint density at radius 2 is 2.00 bits per heavy atom. The summed E-state index contributed by atoms with van der Waals surface area (Å²) in [6.45, 7) is 1.54. The van der Waals surface area contributed by atoms with Crippen molar-refractivity contribution in [3.05, 3.63) is 51.9 Å². The quantitative estimate of drug-likeness (QED) is 0.907. The Hall–Kier alpha value is -1.60. The van der Waals surface area contributed by atoms with E-state index in [0.29, 0.717) is 10.0 Å². The third-order valence-corrected chi connectivity index (χ3v) is 5.42. The van der Waals surface area contributed by atoms with E-state index >= 15 is 0 Å².